The van der Waals surface area contributed by atoms with Gasteiger partial charge in [-0.05, 0) is 47.8 Å². The molecule has 1 amide bonds. The SMILES string of the molecule is COc1cccc(CNC(=O)c2c(OC)cc(=O)n3c2CCN(CC2=CC[C@H]4C[C@@H]2C4(C)C)CC3)c1. The number of hydrogen-bond acceptors (Lipinski definition) is 5. The molecule has 2 aromatic rings. The lowest BCUT2D eigenvalue weighted by Gasteiger charge is -2.57. The van der Waals surface area contributed by atoms with Gasteiger partial charge in [0, 0.05) is 50.9 Å². The van der Waals surface area contributed by atoms with E-state index in [1.807, 2.05) is 24.3 Å². The van der Waals surface area contributed by atoms with E-state index in [2.05, 4.69) is 30.1 Å². The van der Waals surface area contributed by atoms with Gasteiger partial charge in [-0.3, -0.25) is 14.5 Å². The molecule has 0 radical (unpaired) electrons. The molecule has 2 heterocycles. The number of allylic oxidation sites excluding steroid dienone is 1. The number of amides is 1. The molecule has 7 heteroatoms. The quantitative estimate of drug-likeness (QED) is 0.599. The van der Waals surface area contributed by atoms with Gasteiger partial charge in [0.25, 0.3) is 11.5 Å². The Labute approximate surface area is 213 Å². The molecule has 192 valence electrons. The van der Waals surface area contributed by atoms with Crippen LogP contribution in [0.4, 0.5) is 0 Å². The minimum atomic E-state index is -0.232. The Morgan fingerprint density at radius 1 is 1.14 bits per heavy atom. The Bertz CT molecular complexity index is 1250. The summed E-state index contributed by atoms with van der Waals surface area (Å²) in [5.74, 6) is 2.34. The van der Waals surface area contributed by atoms with Crippen LogP contribution in [0.15, 0.2) is 46.8 Å². The van der Waals surface area contributed by atoms with Gasteiger partial charge in [0.1, 0.15) is 17.1 Å². The second-order valence-electron chi connectivity index (χ2n) is 10.9. The fraction of sp³-hybridized carbons (Fsp3) is 0.517. The normalized spacial score (nSPS) is 22.5. The molecule has 1 aromatic carbocycles. The van der Waals surface area contributed by atoms with Crippen molar-refractivity contribution in [1.82, 2.24) is 14.8 Å². The molecular formula is C29H37N3O4. The van der Waals surface area contributed by atoms with Crippen molar-refractivity contribution < 1.29 is 14.3 Å². The molecule has 0 spiro atoms. The van der Waals surface area contributed by atoms with Gasteiger partial charge in [-0.25, -0.2) is 0 Å². The number of methoxy groups -OCH3 is 2. The Morgan fingerprint density at radius 2 is 1.97 bits per heavy atom. The smallest absolute Gasteiger partial charge is 0.257 e. The molecule has 1 saturated carbocycles. The maximum Gasteiger partial charge on any atom is 0.257 e. The summed E-state index contributed by atoms with van der Waals surface area (Å²) in [7, 11) is 3.13. The summed E-state index contributed by atoms with van der Waals surface area (Å²) >= 11 is 0. The van der Waals surface area contributed by atoms with E-state index in [-0.39, 0.29) is 11.5 Å². The van der Waals surface area contributed by atoms with E-state index < -0.39 is 0 Å². The van der Waals surface area contributed by atoms with Gasteiger partial charge >= 0.3 is 0 Å². The highest BCUT2D eigenvalue weighted by Gasteiger charge is 2.51. The van der Waals surface area contributed by atoms with Crippen molar-refractivity contribution in [3.05, 3.63) is 69.2 Å². The molecule has 0 unspecified atom stereocenters. The first-order valence-electron chi connectivity index (χ1n) is 12.9. The number of aromatic nitrogens is 1. The van der Waals surface area contributed by atoms with Crippen molar-refractivity contribution in [2.75, 3.05) is 33.9 Å². The van der Waals surface area contributed by atoms with E-state index in [9.17, 15) is 9.59 Å². The number of rotatable bonds is 7. The predicted octanol–water partition coefficient (Wildman–Crippen LogP) is 3.65. The number of pyridine rings is 1. The summed E-state index contributed by atoms with van der Waals surface area (Å²) < 4.78 is 12.6. The summed E-state index contributed by atoms with van der Waals surface area (Å²) in [5, 5.41) is 3.02. The zero-order chi connectivity index (χ0) is 25.4. The average molecular weight is 492 g/mol. The molecule has 6 rings (SSSR count). The highest BCUT2D eigenvalue weighted by molar-refractivity contribution is 5.98. The van der Waals surface area contributed by atoms with E-state index in [1.54, 1.807) is 17.3 Å². The van der Waals surface area contributed by atoms with Crippen LogP contribution < -0.4 is 20.3 Å². The fourth-order valence-corrected chi connectivity index (χ4v) is 6.32. The van der Waals surface area contributed by atoms with E-state index in [0.717, 1.165) is 42.6 Å². The van der Waals surface area contributed by atoms with Crippen molar-refractivity contribution in [1.29, 1.82) is 0 Å². The van der Waals surface area contributed by atoms with Crippen molar-refractivity contribution in [2.24, 2.45) is 17.3 Å². The molecule has 3 aliphatic carbocycles. The Kier molecular flexibility index (Phi) is 6.68. The van der Waals surface area contributed by atoms with Crippen LogP contribution in [0.5, 0.6) is 11.5 Å². The number of nitrogens with zero attached hydrogens (tertiary/aromatic N) is 2. The number of carbonyl (C=O) groups excluding carboxylic acids is 1. The van der Waals surface area contributed by atoms with Crippen molar-refractivity contribution in [2.45, 2.75) is 46.2 Å². The van der Waals surface area contributed by atoms with E-state index in [1.165, 1.54) is 26.0 Å². The number of hydrogen-bond donors (Lipinski definition) is 1. The van der Waals surface area contributed by atoms with Gasteiger partial charge in [-0.2, -0.15) is 0 Å². The number of ether oxygens (including phenoxy) is 2. The number of fused-ring (bicyclic) bond motifs is 2. The van der Waals surface area contributed by atoms with Crippen molar-refractivity contribution in [3.8, 4) is 11.5 Å². The third-order valence-corrected chi connectivity index (χ3v) is 8.71. The first kappa shape index (κ1) is 24.6. The van der Waals surface area contributed by atoms with Gasteiger partial charge < -0.3 is 19.4 Å². The van der Waals surface area contributed by atoms with Crippen LogP contribution in [0.3, 0.4) is 0 Å². The Morgan fingerprint density at radius 3 is 2.69 bits per heavy atom. The Hall–Kier alpha value is -3.06. The van der Waals surface area contributed by atoms with Crippen LogP contribution in [-0.2, 0) is 19.5 Å². The van der Waals surface area contributed by atoms with Crippen LogP contribution in [0.2, 0.25) is 0 Å². The van der Waals surface area contributed by atoms with Crippen LogP contribution in [0.25, 0.3) is 0 Å². The standard InChI is InChI=1S/C29H37N3O4/c1-29(2)21-9-8-20(23(29)15-21)18-31-11-10-24-27(25(36-4)16-26(33)32(24)13-12-31)28(34)30-17-19-6-5-7-22(14-19)35-3/h5-8,14,16,21,23H,9-13,15,17-18H2,1-4H3,(H,30,34)/t21-,23-/m0/s1. The lowest BCUT2D eigenvalue weighted by atomic mass is 9.49. The zero-order valence-corrected chi connectivity index (χ0v) is 21.8. The van der Waals surface area contributed by atoms with Gasteiger partial charge in [0.15, 0.2) is 0 Å². The molecule has 2 bridgehead atoms. The zero-order valence-electron chi connectivity index (χ0n) is 21.8. The van der Waals surface area contributed by atoms with Gasteiger partial charge in [-0.15, -0.1) is 0 Å². The summed E-state index contributed by atoms with van der Waals surface area (Å²) in [5.41, 5.74) is 3.99. The number of benzene rings is 1. The minimum absolute atomic E-state index is 0.118. The molecular weight excluding hydrogens is 454 g/mol. The molecule has 1 N–H and O–H groups in total. The van der Waals surface area contributed by atoms with Crippen molar-refractivity contribution in [3.63, 3.8) is 0 Å². The van der Waals surface area contributed by atoms with Crippen LogP contribution in [0.1, 0.15) is 48.3 Å². The maximum absolute atomic E-state index is 13.4. The third kappa shape index (κ3) is 4.45. The predicted molar refractivity (Wildman–Crippen MR) is 140 cm³/mol. The summed E-state index contributed by atoms with van der Waals surface area (Å²) in [6.07, 6.45) is 5.56. The molecule has 1 aliphatic heterocycles. The molecule has 0 saturated heterocycles. The second-order valence-corrected chi connectivity index (χ2v) is 10.9. The summed E-state index contributed by atoms with van der Waals surface area (Å²) in [4.78, 5) is 28.8. The first-order valence-corrected chi connectivity index (χ1v) is 12.9. The lowest BCUT2D eigenvalue weighted by Crippen LogP contribution is -2.50. The van der Waals surface area contributed by atoms with Gasteiger partial charge in [0.05, 0.1) is 14.2 Å². The molecule has 2 atom stereocenters. The third-order valence-electron chi connectivity index (χ3n) is 8.71. The van der Waals surface area contributed by atoms with Crippen LogP contribution >= 0.6 is 0 Å². The average Bonchev–Trinajstić information content (AvgIpc) is 3.10. The molecule has 1 aromatic heterocycles. The lowest BCUT2D eigenvalue weighted by molar-refractivity contribution is -0.0106. The number of carbonyl (C=O) groups is 1. The van der Waals surface area contributed by atoms with Crippen LogP contribution in [-0.4, -0.2) is 49.2 Å². The molecule has 36 heavy (non-hydrogen) atoms. The fourth-order valence-electron chi connectivity index (χ4n) is 6.32. The van der Waals surface area contributed by atoms with E-state index >= 15 is 0 Å². The van der Waals surface area contributed by atoms with Crippen molar-refractivity contribution >= 4 is 5.91 Å². The minimum Gasteiger partial charge on any atom is -0.497 e. The maximum atomic E-state index is 13.4. The largest absolute Gasteiger partial charge is 0.497 e. The number of nitrogens with one attached hydrogen (secondary N) is 1. The summed E-state index contributed by atoms with van der Waals surface area (Å²) in [6, 6.07) is 9.06. The van der Waals surface area contributed by atoms with E-state index in [0.29, 0.717) is 42.2 Å². The Balaban J connectivity index is 1.34. The highest BCUT2D eigenvalue weighted by atomic mass is 16.5. The monoisotopic (exact) mass is 491 g/mol. The topological polar surface area (TPSA) is 72.8 Å². The molecule has 1 fully saturated rings. The summed E-state index contributed by atoms with van der Waals surface area (Å²) in [6.45, 7) is 8.26. The molecule has 7 nitrogen and oxygen atoms in total. The first-order chi connectivity index (χ1) is 17.3. The molecule has 4 aliphatic rings. The van der Waals surface area contributed by atoms with E-state index in [4.69, 9.17) is 9.47 Å². The van der Waals surface area contributed by atoms with Gasteiger partial charge in [0.2, 0.25) is 0 Å². The van der Waals surface area contributed by atoms with Crippen LogP contribution in [0, 0.1) is 17.3 Å². The second kappa shape index (κ2) is 9.77. The van der Waals surface area contributed by atoms with Gasteiger partial charge in [-0.1, -0.05) is 37.6 Å². The highest BCUT2D eigenvalue weighted by Crippen LogP contribution is 2.59.